The number of rotatable bonds is 4. The lowest BCUT2D eigenvalue weighted by molar-refractivity contribution is 0.0708. The van der Waals surface area contributed by atoms with Gasteiger partial charge in [-0.15, -0.1) is 0 Å². The topological polar surface area (TPSA) is 72.1 Å². The van der Waals surface area contributed by atoms with Gasteiger partial charge in [-0.25, -0.2) is 14.4 Å². The highest BCUT2D eigenvalue weighted by Gasteiger charge is 2.34. The maximum absolute atomic E-state index is 13.0. The molecule has 1 aliphatic rings. The van der Waals surface area contributed by atoms with Gasteiger partial charge in [-0.3, -0.25) is 9.78 Å². The van der Waals surface area contributed by atoms with Crippen molar-refractivity contribution in [3.63, 3.8) is 0 Å². The van der Waals surface area contributed by atoms with Crippen LogP contribution >= 0.6 is 0 Å². The summed E-state index contributed by atoms with van der Waals surface area (Å²) in [5.74, 6) is 0.781. The number of amides is 1. The van der Waals surface area contributed by atoms with E-state index in [1.807, 2.05) is 6.92 Å². The van der Waals surface area contributed by atoms with Gasteiger partial charge in [0.05, 0.1) is 18.1 Å². The maximum Gasteiger partial charge on any atom is 0.274 e. The summed E-state index contributed by atoms with van der Waals surface area (Å²) in [6.07, 6.45) is 6.96. The van der Waals surface area contributed by atoms with Crippen LogP contribution in [0.3, 0.4) is 0 Å². The summed E-state index contributed by atoms with van der Waals surface area (Å²) in [6, 6.07) is 6.08. The number of aromatic nitrogens is 3. The molecule has 1 fully saturated rings. The quantitative estimate of drug-likeness (QED) is 0.707. The van der Waals surface area contributed by atoms with Gasteiger partial charge in [0.15, 0.2) is 0 Å². The highest BCUT2D eigenvalue weighted by molar-refractivity contribution is 5.92. The van der Waals surface area contributed by atoms with Crippen LogP contribution in [0.4, 0.5) is 4.39 Å². The molecular weight excluding hydrogens is 347 g/mol. The number of hydrogen-bond acceptors (Lipinski definition) is 5. The van der Waals surface area contributed by atoms with Crippen LogP contribution in [0.15, 0.2) is 47.3 Å². The van der Waals surface area contributed by atoms with Crippen LogP contribution < -0.4 is 0 Å². The lowest BCUT2D eigenvalue weighted by Gasteiger charge is -2.21. The minimum Gasteiger partial charge on any atom is -0.443 e. The van der Waals surface area contributed by atoms with Gasteiger partial charge in [0, 0.05) is 19.2 Å². The molecule has 4 rings (SSSR count). The zero-order chi connectivity index (χ0) is 18.8. The van der Waals surface area contributed by atoms with E-state index in [-0.39, 0.29) is 17.8 Å². The second kappa shape index (κ2) is 7.26. The molecule has 7 heteroatoms. The number of benzene rings is 1. The molecule has 1 saturated heterocycles. The molecule has 3 heterocycles. The second-order valence-corrected chi connectivity index (χ2v) is 6.67. The Balaban J connectivity index is 1.50. The predicted molar refractivity (Wildman–Crippen MR) is 95.5 cm³/mol. The molecule has 27 heavy (non-hydrogen) atoms. The molecule has 6 nitrogen and oxygen atoms in total. The fourth-order valence-electron chi connectivity index (χ4n) is 3.28. The van der Waals surface area contributed by atoms with Crippen LogP contribution in [-0.4, -0.2) is 32.3 Å². The smallest absolute Gasteiger partial charge is 0.274 e. The molecular formula is C20H19FN4O2. The summed E-state index contributed by atoms with van der Waals surface area (Å²) in [4.78, 5) is 27.2. The Morgan fingerprint density at radius 2 is 2.00 bits per heavy atom. The number of nitrogens with zero attached hydrogens (tertiary/aromatic N) is 4. The van der Waals surface area contributed by atoms with Crippen molar-refractivity contribution < 1.29 is 13.6 Å². The van der Waals surface area contributed by atoms with Crippen LogP contribution in [0.25, 0.3) is 0 Å². The maximum atomic E-state index is 13.0. The van der Waals surface area contributed by atoms with Crippen molar-refractivity contribution in [3.05, 3.63) is 77.3 Å². The number of oxazole rings is 1. The van der Waals surface area contributed by atoms with E-state index in [1.54, 1.807) is 29.4 Å². The molecule has 0 saturated carbocycles. The second-order valence-electron chi connectivity index (χ2n) is 6.67. The van der Waals surface area contributed by atoms with Crippen molar-refractivity contribution in [3.8, 4) is 0 Å². The molecule has 0 bridgehead atoms. The first-order valence-corrected chi connectivity index (χ1v) is 8.89. The van der Waals surface area contributed by atoms with Gasteiger partial charge in [0.2, 0.25) is 5.89 Å². The average molecular weight is 366 g/mol. The first-order chi connectivity index (χ1) is 13.1. The lowest BCUT2D eigenvalue weighted by Crippen LogP contribution is -2.31. The molecule has 1 amide bonds. The Hall–Kier alpha value is -3.09. The number of carbonyl (C=O) groups excluding carboxylic acids is 1. The number of aryl methyl sites for hydroxylation is 1. The number of hydrogen-bond donors (Lipinski definition) is 0. The van der Waals surface area contributed by atoms with Gasteiger partial charge in [0.1, 0.15) is 23.3 Å². The van der Waals surface area contributed by atoms with Crippen molar-refractivity contribution in [1.82, 2.24) is 19.9 Å². The largest absolute Gasteiger partial charge is 0.443 e. The fraction of sp³-hybridized carbons (Fsp3) is 0.300. The zero-order valence-corrected chi connectivity index (χ0v) is 14.9. The molecule has 0 aliphatic carbocycles. The summed E-state index contributed by atoms with van der Waals surface area (Å²) >= 11 is 0. The lowest BCUT2D eigenvalue weighted by atomic mass is 10.1. The third-order valence-electron chi connectivity index (χ3n) is 4.66. The van der Waals surface area contributed by atoms with Crippen molar-refractivity contribution in [1.29, 1.82) is 0 Å². The molecule has 1 atom stereocenters. The van der Waals surface area contributed by atoms with E-state index in [4.69, 9.17) is 4.42 Å². The Labute approximate surface area is 156 Å². The summed E-state index contributed by atoms with van der Waals surface area (Å²) in [5, 5.41) is 0. The van der Waals surface area contributed by atoms with E-state index in [2.05, 4.69) is 15.0 Å². The number of carbonyl (C=O) groups is 1. The average Bonchev–Trinajstić information content (AvgIpc) is 3.33. The normalized spacial score (nSPS) is 16.7. The molecule has 2 aromatic heterocycles. The molecule has 138 valence electrons. The summed E-state index contributed by atoms with van der Waals surface area (Å²) < 4.78 is 18.9. The highest BCUT2D eigenvalue weighted by Crippen LogP contribution is 2.32. The van der Waals surface area contributed by atoms with Crippen molar-refractivity contribution >= 4 is 5.91 Å². The third kappa shape index (κ3) is 3.72. The van der Waals surface area contributed by atoms with Crippen molar-refractivity contribution in [2.75, 3.05) is 6.54 Å². The monoisotopic (exact) mass is 366 g/mol. The molecule has 0 radical (unpaired) electrons. The third-order valence-corrected chi connectivity index (χ3v) is 4.66. The van der Waals surface area contributed by atoms with Gasteiger partial charge >= 0.3 is 0 Å². The zero-order valence-electron chi connectivity index (χ0n) is 14.9. The number of likely N-dealkylation sites (tertiary alicyclic amines) is 1. The Kier molecular flexibility index (Phi) is 4.66. The Morgan fingerprint density at radius 3 is 2.74 bits per heavy atom. The van der Waals surface area contributed by atoms with E-state index >= 15 is 0 Å². The van der Waals surface area contributed by atoms with Crippen LogP contribution in [0.5, 0.6) is 0 Å². The van der Waals surface area contributed by atoms with E-state index in [0.717, 1.165) is 24.1 Å². The molecule has 3 aromatic rings. The van der Waals surface area contributed by atoms with Gasteiger partial charge in [-0.05, 0) is 37.5 Å². The molecule has 1 aliphatic heterocycles. The van der Waals surface area contributed by atoms with Crippen LogP contribution in [-0.2, 0) is 6.42 Å². The van der Waals surface area contributed by atoms with Gasteiger partial charge < -0.3 is 9.32 Å². The van der Waals surface area contributed by atoms with Crippen LogP contribution in [0.2, 0.25) is 0 Å². The molecule has 0 N–H and O–H groups in total. The van der Waals surface area contributed by atoms with E-state index in [0.29, 0.717) is 30.3 Å². The van der Waals surface area contributed by atoms with Crippen LogP contribution in [0, 0.1) is 12.7 Å². The van der Waals surface area contributed by atoms with Crippen LogP contribution in [0.1, 0.15) is 52.3 Å². The summed E-state index contributed by atoms with van der Waals surface area (Å²) in [7, 11) is 0. The molecule has 1 aromatic carbocycles. The first-order valence-electron chi connectivity index (χ1n) is 8.89. The van der Waals surface area contributed by atoms with Crippen molar-refractivity contribution in [2.45, 2.75) is 32.2 Å². The predicted octanol–water partition coefficient (Wildman–Crippen LogP) is 3.48. The van der Waals surface area contributed by atoms with E-state index < -0.39 is 0 Å². The first kappa shape index (κ1) is 17.3. The fourth-order valence-corrected chi connectivity index (χ4v) is 3.28. The summed E-state index contributed by atoms with van der Waals surface area (Å²) in [5.41, 5.74) is 2.03. The van der Waals surface area contributed by atoms with E-state index in [1.165, 1.54) is 18.3 Å². The number of halogens is 1. The van der Waals surface area contributed by atoms with Gasteiger partial charge in [-0.1, -0.05) is 12.1 Å². The summed E-state index contributed by atoms with van der Waals surface area (Å²) in [6.45, 7) is 2.46. The van der Waals surface area contributed by atoms with E-state index in [9.17, 15) is 9.18 Å². The Morgan fingerprint density at radius 1 is 1.19 bits per heavy atom. The van der Waals surface area contributed by atoms with Gasteiger partial charge in [-0.2, -0.15) is 0 Å². The standard InChI is InChI=1S/C20H19FN4O2/c1-13-10-23-17(12-22-13)20(26)25-8-2-3-18(25)19-24-11-16(27-19)9-14-4-6-15(21)7-5-14/h4-7,10-12,18H,2-3,8-9H2,1H3/t18-/m1/s1. The molecule has 0 unspecified atom stereocenters. The molecule has 0 spiro atoms. The highest BCUT2D eigenvalue weighted by atomic mass is 19.1. The van der Waals surface area contributed by atoms with Crippen molar-refractivity contribution in [2.24, 2.45) is 0 Å². The SMILES string of the molecule is Cc1cnc(C(=O)N2CCC[C@@H]2c2ncc(Cc3ccc(F)cc3)o2)cn1. The minimum atomic E-state index is -0.267. The minimum absolute atomic E-state index is 0.164. The van der Waals surface area contributed by atoms with Gasteiger partial charge in [0.25, 0.3) is 5.91 Å². The Bertz CT molecular complexity index is 937.